The predicted octanol–water partition coefficient (Wildman–Crippen LogP) is 7.14. The molecule has 37 heavy (non-hydrogen) atoms. The number of phenols is 1. The van der Waals surface area contributed by atoms with Crippen LogP contribution in [0, 0.1) is 18.6 Å². The summed E-state index contributed by atoms with van der Waals surface area (Å²) in [5, 5.41) is 12.6. The Morgan fingerprint density at radius 3 is 2.03 bits per heavy atom. The van der Waals surface area contributed by atoms with Crippen molar-refractivity contribution in [3.05, 3.63) is 75.8 Å². The highest BCUT2D eigenvalue weighted by atomic mass is 35.5. The Morgan fingerprint density at radius 2 is 1.54 bits per heavy atom. The van der Waals surface area contributed by atoms with E-state index >= 15 is 0 Å². The number of amides is 1. The number of carbonyl (C=O) groups is 1. The van der Waals surface area contributed by atoms with Crippen LogP contribution in [0.2, 0.25) is 5.02 Å². The largest absolute Gasteiger partial charge is 0.507 e. The normalized spacial score (nSPS) is 12.5. The van der Waals surface area contributed by atoms with Crippen molar-refractivity contribution in [2.24, 2.45) is 0 Å². The maximum absolute atomic E-state index is 13.9. The van der Waals surface area contributed by atoms with Crippen LogP contribution in [0.3, 0.4) is 0 Å². The first-order valence-electron chi connectivity index (χ1n) is 10.6. The highest BCUT2D eigenvalue weighted by molar-refractivity contribution is 7.92. The lowest BCUT2D eigenvalue weighted by molar-refractivity contribution is -0.0436. The van der Waals surface area contributed by atoms with Gasteiger partial charge in [-0.2, -0.15) is 13.2 Å². The first-order chi connectivity index (χ1) is 16.8. The maximum atomic E-state index is 13.9. The molecule has 0 aliphatic heterocycles. The van der Waals surface area contributed by atoms with Gasteiger partial charge in [0.2, 0.25) is 0 Å². The monoisotopic (exact) mass is 561 g/mol. The van der Waals surface area contributed by atoms with Gasteiger partial charge in [0, 0.05) is 17.3 Å². The van der Waals surface area contributed by atoms with E-state index in [0.29, 0.717) is 12.1 Å². The Hall–Kier alpha value is -3.18. The molecule has 0 unspecified atom stereocenters. The highest BCUT2D eigenvalue weighted by Crippen LogP contribution is 2.41. The summed E-state index contributed by atoms with van der Waals surface area (Å²) in [4.78, 5) is 12.1. The van der Waals surface area contributed by atoms with Crippen LogP contribution in [0.25, 0.3) is 11.1 Å². The first kappa shape index (κ1) is 28.4. The summed E-state index contributed by atoms with van der Waals surface area (Å²) < 4.78 is 89.9. The molecule has 0 radical (unpaired) electrons. The van der Waals surface area contributed by atoms with E-state index in [-0.39, 0.29) is 33.5 Å². The number of hydrogen-bond donors (Lipinski definition) is 2. The van der Waals surface area contributed by atoms with Crippen molar-refractivity contribution < 1.29 is 40.3 Å². The van der Waals surface area contributed by atoms with Crippen LogP contribution in [0.15, 0.2) is 47.4 Å². The number of sulfone groups is 1. The van der Waals surface area contributed by atoms with Crippen molar-refractivity contribution in [2.75, 3.05) is 5.32 Å². The summed E-state index contributed by atoms with van der Waals surface area (Å²) in [5.74, 6) is -3.03. The van der Waals surface area contributed by atoms with Gasteiger partial charge in [-0.25, -0.2) is 17.2 Å². The minimum absolute atomic E-state index is 0.110. The third-order valence-corrected chi connectivity index (χ3v) is 7.52. The molecule has 198 valence electrons. The van der Waals surface area contributed by atoms with Gasteiger partial charge in [0.1, 0.15) is 17.4 Å². The van der Waals surface area contributed by atoms with Gasteiger partial charge in [-0.1, -0.05) is 32.4 Å². The fourth-order valence-corrected chi connectivity index (χ4v) is 5.04. The Kier molecular flexibility index (Phi) is 7.37. The van der Waals surface area contributed by atoms with E-state index in [1.165, 1.54) is 13.0 Å². The molecule has 1 amide bonds. The molecular weight excluding hydrogens is 541 g/mol. The number of aromatic hydroxyl groups is 1. The summed E-state index contributed by atoms with van der Waals surface area (Å²) in [6, 6.07) is 6.66. The number of halogens is 6. The van der Waals surface area contributed by atoms with E-state index in [1.807, 2.05) is 0 Å². The SMILES string of the molecule is Cc1c(-c2cc(F)cc(F)c2)cc(C(C)(C)C)c(O)c1C(=O)Nc1ccc(S(=O)(=O)C(F)(F)F)c(Cl)c1. The lowest BCUT2D eigenvalue weighted by Crippen LogP contribution is -2.23. The minimum atomic E-state index is -5.73. The van der Waals surface area contributed by atoms with Crippen molar-refractivity contribution in [3.63, 3.8) is 0 Å². The molecule has 3 aromatic rings. The molecule has 5 nitrogen and oxygen atoms in total. The zero-order chi connectivity index (χ0) is 28.1. The third kappa shape index (κ3) is 5.57. The first-order valence-corrected chi connectivity index (χ1v) is 12.5. The van der Waals surface area contributed by atoms with E-state index in [0.717, 1.165) is 24.3 Å². The van der Waals surface area contributed by atoms with Gasteiger partial charge in [0.15, 0.2) is 0 Å². The van der Waals surface area contributed by atoms with Crippen LogP contribution in [0.4, 0.5) is 27.6 Å². The fraction of sp³-hybridized carbons (Fsp3) is 0.240. The second kappa shape index (κ2) is 9.60. The molecule has 3 rings (SSSR count). The number of hydrogen-bond acceptors (Lipinski definition) is 4. The molecule has 12 heteroatoms. The Morgan fingerprint density at radius 1 is 0.973 bits per heavy atom. The second-order valence-corrected chi connectivity index (χ2v) is 11.6. The number of rotatable bonds is 4. The number of nitrogens with one attached hydrogen (secondary N) is 1. The Bertz CT molecular complexity index is 1490. The molecule has 0 bridgehead atoms. The van der Waals surface area contributed by atoms with E-state index in [4.69, 9.17) is 11.6 Å². The quantitative estimate of drug-likeness (QED) is 0.332. The summed E-state index contributed by atoms with van der Waals surface area (Å²) in [7, 11) is -5.73. The van der Waals surface area contributed by atoms with Crippen LogP contribution in [-0.4, -0.2) is 24.9 Å². The molecule has 0 aliphatic carbocycles. The summed E-state index contributed by atoms with van der Waals surface area (Å²) in [5.41, 5.74) is -5.89. The number of benzene rings is 3. The molecule has 0 aliphatic rings. The lowest BCUT2D eigenvalue weighted by atomic mass is 9.81. The molecule has 0 saturated heterocycles. The number of phenolic OH excluding ortho intramolecular Hbond substituents is 1. The van der Waals surface area contributed by atoms with Crippen molar-refractivity contribution in [1.29, 1.82) is 0 Å². The van der Waals surface area contributed by atoms with E-state index in [1.54, 1.807) is 20.8 Å². The Labute approximate surface area is 214 Å². The molecule has 0 saturated carbocycles. The van der Waals surface area contributed by atoms with Gasteiger partial charge in [-0.05, 0) is 65.4 Å². The average Bonchev–Trinajstić information content (AvgIpc) is 2.71. The molecule has 2 N–H and O–H groups in total. The zero-order valence-electron chi connectivity index (χ0n) is 19.9. The molecule has 0 heterocycles. The van der Waals surface area contributed by atoms with Gasteiger partial charge >= 0.3 is 5.51 Å². The smallest absolute Gasteiger partial charge is 0.501 e. The topological polar surface area (TPSA) is 83.5 Å². The van der Waals surface area contributed by atoms with Crippen molar-refractivity contribution in [2.45, 2.75) is 43.5 Å². The van der Waals surface area contributed by atoms with Crippen molar-refractivity contribution in [3.8, 4) is 16.9 Å². The maximum Gasteiger partial charge on any atom is 0.501 e. The number of anilines is 1. The van der Waals surface area contributed by atoms with Crippen LogP contribution in [0.5, 0.6) is 5.75 Å². The molecule has 0 fully saturated rings. The van der Waals surface area contributed by atoms with Gasteiger partial charge in [0.05, 0.1) is 15.5 Å². The van der Waals surface area contributed by atoms with Crippen LogP contribution < -0.4 is 5.32 Å². The lowest BCUT2D eigenvalue weighted by Gasteiger charge is -2.25. The summed E-state index contributed by atoms with van der Waals surface area (Å²) >= 11 is 5.78. The molecule has 0 spiro atoms. The van der Waals surface area contributed by atoms with Crippen LogP contribution >= 0.6 is 11.6 Å². The fourth-order valence-electron chi connectivity index (χ4n) is 3.74. The minimum Gasteiger partial charge on any atom is -0.507 e. The van der Waals surface area contributed by atoms with Crippen molar-refractivity contribution >= 4 is 33.0 Å². The number of alkyl halides is 3. The Balaban J connectivity index is 2.14. The van der Waals surface area contributed by atoms with Crippen molar-refractivity contribution in [1.82, 2.24) is 0 Å². The zero-order valence-corrected chi connectivity index (χ0v) is 21.5. The second-order valence-electron chi connectivity index (χ2n) is 9.28. The standard InChI is InChI=1S/C25H21ClF5NO4S/c1-12-17(13-7-14(27)9-15(28)8-13)11-18(24(2,3)4)22(33)21(12)23(34)32-16-5-6-20(19(26)10-16)37(35,36)25(29,30)31/h5-11,33H,1-4H3,(H,32,34). The molecule has 0 atom stereocenters. The van der Waals surface area contributed by atoms with Crippen LogP contribution in [0.1, 0.15) is 42.3 Å². The van der Waals surface area contributed by atoms with E-state index < -0.39 is 54.0 Å². The average molecular weight is 562 g/mol. The van der Waals surface area contributed by atoms with E-state index in [2.05, 4.69) is 5.32 Å². The summed E-state index contributed by atoms with van der Waals surface area (Å²) in [6.07, 6.45) is 0. The predicted molar refractivity (Wildman–Crippen MR) is 130 cm³/mol. The highest BCUT2D eigenvalue weighted by Gasteiger charge is 2.47. The molecular formula is C25H21ClF5NO4S. The van der Waals surface area contributed by atoms with Crippen LogP contribution in [-0.2, 0) is 15.3 Å². The molecule has 3 aromatic carbocycles. The third-order valence-electron chi connectivity index (χ3n) is 5.55. The van der Waals surface area contributed by atoms with Gasteiger partial charge in [0.25, 0.3) is 15.7 Å². The van der Waals surface area contributed by atoms with E-state index in [9.17, 15) is 40.3 Å². The van der Waals surface area contributed by atoms with Gasteiger partial charge in [-0.15, -0.1) is 0 Å². The molecule has 0 aromatic heterocycles. The number of carbonyl (C=O) groups excluding carboxylic acids is 1. The summed E-state index contributed by atoms with van der Waals surface area (Å²) in [6.45, 7) is 6.68. The van der Waals surface area contributed by atoms with Gasteiger partial charge < -0.3 is 10.4 Å². The van der Waals surface area contributed by atoms with Gasteiger partial charge in [-0.3, -0.25) is 4.79 Å².